The normalized spacial score (nSPS) is 12.7. The summed E-state index contributed by atoms with van der Waals surface area (Å²) in [6.07, 6.45) is -0.751. The fraction of sp³-hybridized carbons (Fsp3) is 0.200. The lowest BCUT2D eigenvalue weighted by molar-refractivity contribution is 0.163. The molecule has 0 fully saturated rings. The van der Waals surface area contributed by atoms with Gasteiger partial charge in [0.05, 0.1) is 0 Å². The molecule has 0 amide bonds. The molecule has 4 nitrogen and oxygen atoms in total. The van der Waals surface area contributed by atoms with Crippen molar-refractivity contribution in [1.82, 2.24) is 10.2 Å². The molecule has 0 aliphatic rings. The molecule has 2 rings (SSSR count). The third-order valence-electron chi connectivity index (χ3n) is 1.89. The summed E-state index contributed by atoms with van der Waals surface area (Å²) in [4.78, 5) is 0. The van der Waals surface area contributed by atoms with Crippen LogP contribution in [-0.2, 0) is 0 Å². The molecule has 78 valence electrons. The molecule has 1 aromatic heterocycles. The predicted octanol–water partition coefficient (Wildman–Crippen LogP) is 2.44. The number of aliphatic hydroxyl groups is 1. The van der Waals surface area contributed by atoms with E-state index in [1.54, 1.807) is 31.2 Å². The van der Waals surface area contributed by atoms with E-state index in [9.17, 15) is 5.11 Å². The zero-order valence-corrected chi connectivity index (χ0v) is 8.77. The fourth-order valence-corrected chi connectivity index (χ4v) is 1.24. The van der Waals surface area contributed by atoms with Gasteiger partial charge in [0.1, 0.15) is 6.10 Å². The van der Waals surface area contributed by atoms with Crippen LogP contribution in [-0.4, -0.2) is 15.3 Å². The Bertz CT molecular complexity index is 451. The molecule has 2 aromatic rings. The molecule has 5 heteroatoms. The summed E-state index contributed by atoms with van der Waals surface area (Å²) in [7, 11) is 0. The fourth-order valence-electron chi connectivity index (χ4n) is 1.11. The summed E-state index contributed by atoms with van der Waals surface area (Å²) >= 11 is 5.75. The first-order chi connectivity index (χ1) is 7.16. The van der Waals surface area contributed by atoms with Gasteiger partial charge in [0.15, 0.2) is 0 Å². The highest BCUT2D eigenvalue weighted by Gasteiger charge is 2.11. The molecule has 0 spiro atoms. The average Bonchev–Trinajstić information content (AvgIpc) is 2.68. The molecular weight excluding hydrogens is 216 g/mol. The maximum atomic E-state index is 9.21. The van der Waals surface area contributed by atoms with E-state index in [-0.39, 0.29) is 5.89 Å². The van der Waals surface area contributed by atoms with Crippen molar-refractivity contribution in [2.45, 2.75) is 13.0 Å². The van der Waals surface area contributed by atoms with Crippen molar-refractivity contribution in [2.24, 2.45) is 0 Å². The molecule has 0 saturated heterocycles. The Hall–Kier alpha value is -1.39. The third-order valence-corrected chi connectivity index (χ3v) is 2.14. The SMILES string of the molecule is CC(O)c1nnc(-c2ccc(Cl)cc2)o1. The van der Waals surface area contributed by atoms with Crippen LogP contribution in [0.5, 0.6) is 0 Å². The van der Waals surface area contributed by atoms with Crippen LogP contribution in [0.3, 0.4) is 0 Å². The first-order valence-corrected chi connectivity index (χ1v) is 4.82. The third kappa shape index (κ3) is 2.16. The number of nitrogens with zero attached hydrogens (tertiary/aromatic N) is 2. The van der Waals surface area contributed by atoms with Crippen molar-refractivity contribution in [1.29, 1.82) is 0 Å². The van der Waals surface area contributed by atoms with Crippen LogP contribution in [0.4, 0.5) is 0 Å². The minimum Gasteiger partial charge on any atom is -0.418 e. The lowest BCUT2D eigenvalue weighted by atomic mass is 10.2. The van der Waals surface area contributed by atoms with Crippen molar-refractivity contribution in [2.75, 3.05) is 0 Å². The predicted molar refractivity (Wildman–Crippen MR) is 55.4 cm³/mol. The van der Waals surface area contributed by atoms with Crippen molar-refractivity contribution in [3.8, 4) is 11.5 Å². The van der Waals surface area contributed by atoms with Gasteiger partial charge < -0.3 is 9.52 Å². The number of benzene rings is 1. The van der Waals surface area contributed by atoms with Crippen LogP contribution in [0.1, 0.15) is 18.9 Å². The van der Waals surface area contributed by atoms with Gasteiger partial charge in [0.25, 0.3) is 0 Å². The van der Waals surface area contributed by atoms with E-state index in [4.69, 9.17) is 16.0 Å². The lowest BCUT2D eigenvalue weighted by Crippen LogP contribution is -1.89. The van der Waals surface area contributed by atoms with Gasteiger partial charge in [-0.25, -0.2) is 0 Å². The minimum absolute atomic E-state index is 0.208. The van der Waals surface area contributed by atoms with Crippen molar-refractivity contribution >= 4 is 11.6 Å². The number of aliphatic hydroxyl groups excluding tert-OH is 1. The molecule has 0 saturated carbocycles. The van der Waals surface area contributed by atoms with Gasteiger partial charge >= 0.3 is 0 Å². The van der Waals surface area contributed by atoms with Gasteiger partial charge in [-0.1, -0.05) is 11.6 Å². The topological polar surface area (TPSA) is 59.2 Å². The Morgan fingerprint density at radius 3 is 2.47 bits per heavy atom. The zero-order chi connectivity index (χ0) is 10.8. The Morgan fingerprint density at radius 1 is 1.27 bits per heavy atom. The monoisotopic (exact) mass is 224 g/mol. The van der Waals surface area contributed by atoms with Crippen LogP contribution >= 0.6 is 11.6 Å². The highest BCUT2D eigenvalue weighted by molar-refractivity contribution is 6.30. The molecule has 1 N–H and O–H groups in total. The minimum atomic E-state index is -0.751. The second-order valence-corrected chi connectivity index (χ2v) is 3.56. The Kier molecular flexibility index (Phi) is 2.70. The number of hydrogen-bond donors (Lipinski definition) is 1. The number of aromatic nitrogens is 2. The summed E-state index contributed by atoms with van der Waals surface area (Å²) in [6.45, 7) is 1.57. The van der Waals surface area contributed by atoms with Gasteiger partial charge in [0.2, 0.25) is 11.8 Å². The summed E-state index contributed by atoms with van der Waals surface area (Å²) in [5, 5.41) is 17.4. The second-order valence-electron chi connectivity index (χ2n) is 3.13. The van der Waals surface area contributed by atoms with E-state index in [0.717, 1.165) is 5.56 Å². The molecule has 1 unspecified atom stereocenters. The number of halogens is 1. The molecule has 1 atom stereocenters. The Balaban J connectivity index is 2.33. The number of rotatable bonds is 2. The summed E-state index contributed by atoms with van der Waals surface area (Å²) in [5.74, 6) is 0.586. The van der Waals surface area contributed by atoms with Crippen LogP contribution < -0.4 is 0 Å². The smallest absolute Gasteiger partial charge is 0.247 e. The first-order valence-electron chi connectivity index (χ1n) is 4.44. The van der Waals surface area contributed by atoms with Crippen molar-refractivity contribution < 1.29 is 9.52 Å². The Labute approximate surface area is 91.5 Å². The molecular formula is C10H9ClN2O2. The second kappa shape index (κ2) is 4.00. The van der Waals surface area contributed by atoms with Gasteiger partial charge in [-0.3, -0.25) is 0 Å². The lowest BCUT2D eigenvalue weighted by Gasteiger charge is -1.95. The molecule has 0 aliphatic carbocycles. The molecule has 0 bridgehead atoms. The highest BCUT2D eigenvalue weighted by atomic mass is 35.5. The molecule has 1 aromatic carbocycles. The average molecular weight is 225 g/mol. The van der Waals surface area contributed by atoms with Gasteiger partial charge in [-0.05, 0) is 31.2 Å². The molecule has 15 heavy (non-hydrogen) atoms. The van der Waals surface area contributed by atoms with E-state index >= 15 is 0 Å². The van der Waals surface area contributed by atoms with E-state index in [0.29, 0.717) is 10.9 Å². The van der Waals surface area contributed by atoms with E-state index < -0.39 is 6.10 Å². The Morgan fingerprint density at radius 2 is 1.93 bits per heavy atom. The van der Waals surface area contributed by atoms with Crippen LogP contribution in [0.15, 0.2) is 28.7 Å². The molecule has 0 radical (unpaired) electrons. The van der Waals surface area contributed by atoms with E-state index in [1.165, 1.54) is 0 Å². The van der Waals surface area contributed by atoms with Crippen LogP contribution in [0.2, 0.25) is 5.02 Å². The highest BCUT2D eigenvalue weighted by Crippen LogP contribution is 2.21. The van der Waals surface area contributed by atoms with E-state index in [1.807, 2.05) is 0 Å². The largest absolute Gasteiger partial charge is 0.418 e. The maximum Gasteiger partial charge on any atom is 0.247 e. The maximum absolute atomic E-state index is 9.21. The van der Waals surface area contributed by atoms with Crippen molar-refractivity contribution in [3.63, 3.8) is 0 Å². The van der Waals surface area contributed by atoms with Crippen LogP contribution in [0.25, 0.3) is 11.5 Å². The summed E-state index contributed by atoms with van der Waals surface area (Å²) in [6, 6.07) is 7.04. The van der Waals surface area contributed by atoms with Gasteiger partial charge in [0, 0.05) is 10.6 Å². The van der Waals surface area contributed by atoms with Crippen LogP contribution in [0, 0.1) is 0 Å². The zero-order valence-electron chi connectivity index (χ0n) is 8.01. The first kappa shape index (κ1) is 10.1. The quantitative estimate of drug-likeness (QED) is 0.851. The summed E-state index contributed by atoms with van der Waals surface area (Å²) < 4.78 is 5.26. The summed E-state index contributed by atoms with van der Waals surface area (Å²) in [5.41, 5.74) is 0.777. The van der Waals surface area contributed by atoms with E-state index in [2.05, 4.69) is 10.2 Å². The standard InChI is InChI=1S/C10H9ClN2O2/c1-6(14)9-12-13-10(15-9)7-2-4-8(11)5-3-7/h2-6,14H,1H3. The molecule has 1 heterocycles. The number of hydrogen-bond acceptors (Lipinski definition) is 4. The van der Waals surface area contributed by atoms with Gasteiger partial charge in [-0.15, -0.1) is 10.2 Å². The molecule has 0 aliphatic heterocycles. The van der Waals surface area contributed by atoms with Crippen molar-refractivity contribution in [3.05, 3.63) is 35.2 Å². The van der Waals surface area contributed by atoms with Gasteiger partial charge in [-0.2, -0.15) is 0 Å².